The van der Waals surface area contributed by atoms with Crippen molar-refractivity contribution in [1.82, 2.24) is 10.2 Å². The number of likely N-dealkylation sites (tertiary alicyclic amines) is 1. The molecule has 1 heterocycles. The summed E-state index contributed by atoms with van der Waals surface area (Å²) in [6.07, 6.45) is 5.26. The van der Waals surface area contributed by atoms with E-state index < -0.39 is 0 Å². The highest BCUT2D eigenvalue weighted by Gasteiger charge is 2.27. The number of methoxy groups -OCH3 is 1. The molecule has 0 saturated carbocycles. The summed E-state index contributed by atoms with van der Waals surface area (Å²) in [6.45, 7) is 14.9. The maximum atomic E-state index is 5.36. The Labute approximate surface area is 126 Å². The first-order valence-corrected chi connectivity index (χ1v) is 8.42. The van der Waals surface area contributed by atoms with Crippen molar-refractivity contribution in [2.75, 3.05) is 39.9 Å². The Morgan fingerprint density at radius 3 is 2.60 bits per heavy atom. The molecule has 2 atom stereocenters. The maximum absolute atomic E-state index is 5.36. The van der Waals surface area contributed by atoms with Gasteiger partial charge < -0.3 is 15.0 Å². The van der Waals surface area contributed by atoms with Gasteiger partial charge in [0, 0.05) is 19.7 Å². The molecule has 20 heavy (non-hydrogen) atoms. The van der Waals surface area contributed by atoms with Crippen molar-refractivity contribution < 1.29 is 4.74 Å². The summed E-state index contributed by atoms with van der Waals surface area (Å²) in [5, 5.41) is 3.61. The molecule has 0 aromatic rings. The van der Waals surface area contributed by atoms with Crippen molar-refractivity contribution in [3.63, 3.8) is 0 Å². The van der Waals surface area contributed by atoms with Gasteiger partial charge in [-0.2, -0.15) is 0 Å². The Bertz CT molecular complexity index is 250. The van der Waals surface area contributed by atoms with Gasteiger partial charge in [0.2, 0.25) is 0 Å². The van der Waals surface area contributed by atoms with Crippen LogP contribution in [0.3, 0.4) is 0 Å². The third-order valence-corrected chi connectivity index (χ3v) is 4.57. The van der Waals surface area contributed by atoms with Crippen molar-refractivity contribution in [3.8, 4) is 0 Å². The minimum absolute atomic E-state index is 0.461. The number of hydrogen-bond acceptors (Lipinski definition) is 3. The molecule has 0 bridgehead atoms. The topological polar surface area (TPSA) is 24.5 Å². The van der Waals surface area contributed by atoms with Gasteiger partial charge in [0.15, 0.2) is 0 Å². The highest BCUT2D eigenvalue weighted by Crippen LogP contribution is 2.34. The molecule has 1 rings (SSSR count). The molecule has 1 aliphatic heterocycles. The predicted octanol–water partition coefficient (Wildman–Crippen LogP) is 3.15. The lowest BCUT2D eigenvalue weighted by molar-refractivity contribution is 0.136. The summed E-state index contributed by atoms with van der Waals surface area (Å²) in [4.78, 5) is 2.64. The monoisotopic (exact) mass is 284 g/mol. The number of rotatable bonds is 7. The van der Waals surface area contributed by atoms with Gasteiger partial charge >= 0.3 is 0 Å². The van der Waals surface area contributed by atoms with E-state index in [-0.39, 0.29) is 0 Å². The van der Waals surface area contributed by atoms with Crippen molar-refractivity contribution >= 4 is 0 Å². The van der Waals surface area contributed by atoms with E-state index in [2.05, 4.69) is 37.9 Å². The van der Waals surface area contributed by atoms with E-state index in [0.717, 1.165) is 25.6 Å². The number of nitrogens with one attached hydrogen (secondary N) is 1. The van der Waals surface area contributed by atoms with Gasteiger partial charge in [0.1, 0.15) is 0 Å². The second-order valence-electron chi connectivity index (χ2n) is 7.40. The molecule has 0 radical (unpaired) electrons. The lowest BCUT2D eigenvalue weighted by atomic mass is 9.77. The molecule has 1 fully saturated rings. The third-order valence-electron chi connectivity index (χ3n) is 4.57. The second kappa shape index (κ2) is 9.01. The lowest BCUT2D eigenvalue weighted by Gasteiger charge is -2.30. The minimum atomic E-state index is 0.461. The molecule has 1 N–H and O–H groups in total. The van der Waals surface area contributed by atoms with Gasteiger partial charge in [-0.1, -0.05) is 27.7 Å². The summed E-state index contributed by atoms with van der Waals surface area (Å²) in [5.41, 5.74) is 0.461. The quantitative estimate of drug-likeness (QED) is 0.777. The first-order valence-electron chi connectivity index (χ1n) is 8.42. The van der Waals surface area contributed by atoms with Crippen LogP contribution in [0.25, 0.3) is 0 Å². The van der Waals surface area contributed by atoms with Crippen LogP contribution in [-0.4, -0.2) is 50.8 Å². The molecule has 0 aliphatic carbocycles. The number of ether oxygens (including phenoxy) is 1. The molecule has 120 valence electrons. The molecular formula is C17H36N2O. The van der Waals surface area contributed by atoms with Crippen LogP contribution in [0.1, 0.15) is 53.4 Å². The van der Waals surface area contributed by atoms with E-state index in [1.54, 1.807) is 7.11 Å². The Morgan fingerprint density at radius 1 is 1.25 bits per heavy atom. The van der Waals surface area contributed by atoms with Crippen molar-refractivity contribution in [1.29, 1.82) is 0 Å². The Morgan fingerprint density at radius 2 is 2.00 bits per heavy atom. The number of hydrogen-bond donors (Lipinski definition) is 1. The zero-order valence-electron chi connectivity index (χ0n) is 14.4. The first-order chi connectivity index (χ1) is 9.47. The smallest absolute Gasteiger partial charge is 0.0628 e. The molecule has 0 spiro atoms. The fourth-order valence-electron chi connectivity index (χ4n) is 3.24. The second-order valence-corrected chi connectivity index (χ2v) is 7.40. The molecule has 0 aromatic heterocycles. The van der Waals surface area contributed by atoms with E-state index in [9.17, 15) is 0 Å². The van der Waals surface area contributed by atoms with E-state index in [1.807, 2.05) is 0 Å². The van der Waals surface area contributed by atoms with Crippen LogP contribution in [0.15, 0.2) is 0 Å². The fourth-order valence-corrected chi connectivity index (χ4v) is 3.24. The van der Waals surface area contributed by atoms with E-state index in [4.69, 9.17) is 4.74 Å². The fraction of sp³-hybridized carbons (Fsp3) is 1.00. The zero-order chi connectivity index (χ0) is 15.0. The van der Waals surface area contributed by atoms with Crippen LogP contribution in [-0.2, 0) is 4.74 Å². The molecule has 2 unspecified atom stereocenters. The van der Waals surface area contributed by atoms with Crippen LogP contribution < -0.4 is 5.32 Å². The average Bonchev–Trinajstić information content (AvgIpc) is 2.61. The minimum Gasteiger partial charge on any atom is -0.383 e. The largest absolute Gasteiger partial charge is 0.383 e. The zero-order valence-corrected chi connectivity index (χ0v) is 14.4. The first kappa shape index (κ1) is 17.9. The standard InChI is InChI=1S/C17H36N2O/c1-6-10-18-16(14-20-5)13-19-11-7-8-15(9-12-19)17(2,3)4/h15-16,18H,6-14H2,1-5H3. The van der Waals surface area contributed by atoms with Crippen LogP contribution in [0.2, 0.25) is 0 Å². The highest BCUT2D eigenvalue weighted by molar-refractivity contribution is 4.80. The SMILES string of the molecule is CCCNC(COC)CN1CCCC(C(C)(C)C)CC1. The van der Waals surface area contributed by atoms with E-state index >= 15 is 0 Å². The molecule has 0 aromatic carbocycles. The van der Waals surface area contributed by atoms with Crippen molar-refractivity contribution in [2.24, 2.45) is 11.3 Å². The molecule has 1 saturated heterocycles. The third kappa shape index (κ3) is 6.55. The molecular weight excluding hydrogens is 248 g/mol. The molecule has 3 nitrogen and oxygen atoms in total. The summed E-state index contributed by atoms with van der Waals surface area (Å²) < 4.78 is 5.36. The van der Waals surface area contributed by atoms with Gasteiger partial charge in [0.25, 0.3) is 0 Å². The lowest BCUT2D eigenvalue weighted by Crippen LogP contribution is -2.44. The molecule has 3 heteroatoms. The van der Waals surface area contributed by atoms with Gasteiger partial charge in [-0.15, -0.1) is 0 Å². The Balaban J connectivity index is 2.42. The summed E-state index contributed by atoms with van der Waals surface area (Å²) in [6, 6.07) is 0.478. The van der Waals surface area contributed by atoms with E-state index in [1.165, 1.54) is 38.8 Å². The normalized spacial score (nSPS) is 23.6. The average molecular weight is 284 g/mol. The van der Waals surface area contributed by atoms with Gasteiger partial charge in [-0.05, 0) is 56.7 Å². The van der Waals surface area contributed by atoms with Crippen LogP contribution in [0.4, 0.5) is 0 Å². The molecule has 0 amide bonds. The Kier molecular flexibility index (Phi) is 8.08. The number of nitrogens with zero attached hydrogens (tertiary/aromatic N) is 1. The molecule has 1 aliphatic rings. The van der Waals surface area contributed by atoms with Crippen LogP contribution in [0.5, 0.6) is 0 Å². The highest BCUT2D eigenvalue weighted by atomic mass is 16.5. The van der Waals surface area contributed by atoms with Crippen molar-refractivity contribution in [2.45, 2.75) is 59.4 Å². The van der Waals surface area contributed by atoms with Gasteiger partial charge in [0.05, 0.1) is 6.61 Å². The summed E-state index contributed by atoms with van der Waals surface area (Å²) in [7, 11) is 1.80. The summed E-state index contributed by atoms with van der Waals surface area (Å²) in [5.74, 6) is 0.872. The predicted molar refractivity (Wildman–Crippen MR) is 87.2 cm³/mol. The summed E-state index contributed by atoms with van der Waals surface area (Å²) >= 11 is 0. The van der Waals surface area contributed by atoms with Crippen LogP contribution >= 0.6 is 0 Å². The van der Waals surface area contributed by atoms with Crippen molar-refractivity contribution in [3.05, 3.63) is 0 Å². The van der Waals surface area contributed by atoms with Gasteiger partial charge in [-0.3, -0.25) is 0 Å². The van der Waals surface area contributed by atoms with Crippen LogP contribution in [0, 0.1) is 11.3 Å². The van der Waals surface area contributed by atoms with Gasteiger partial charge in [-0.25, -0.2) is 0 Å². The van der Waals surface area contributed by atoms with E-state index in [0.29, 0.717) is 11.5 Å². The Hall–Kier alpha value is -0.120. The maximum Gasteiger partial charge on any atom is 0.0628 e.